The lowest BCUT2D eigenvalue weighted by molar-refractivity contribution is -0.269. The molecule has 0 bridgehead atoms. The SMILES string of the molecule is CS(=O)C(C(=O)NCc1ccc(C2=CC(c3cc(C(F)(F)F)cc(C(F)(F)F)c3)(C(F)(F)F)ON2)cc1Cl)S(C)=O. The van der Waals surface area contributed by atoms with Crippen LogP contribution in [0.1, 0.15) is 27.8 Å². The minimum atomic E-state index is -5.53. The predicted octanol–water partition coefficient (Wildman–Crippen LogP) is 5.41. The average molecular weight is 657 g/mol. The van der Waals surface area contributed by atoms with Gasteiger partial charge in [0, 0.05) is 56.8 Å². The van der Waals surface area contributed by atoms with E-state index in [2.05, 4.69) is 10.2 Å². The molecular weight excluding hydrogens is 639 g/mol. The molecule has 2 N–H and O–H groups in total. The van der Waals surface area contributed by atoms with Crippen LogP contribution in [-0.2, 0) is 55.7 Å². The smallest absolute Gasteiger partial charge is 0.350 e. The Kier molecular flexibility index (Phi) is 9.28. The zero-order valence-electron chi connectivity index (χ0n) is 20.6. The van der Waals surface area contributed by atoms with Crippen molar-refractivity contribution < 1.29 is 57.6 Å². The van der Waals surface area contributed by atoms with Crippen molar-refractivity contribution in [3.05, 3.63) is 75.3 Å². The van der Waals surface area contributed by atoms with Crippen LogP contribution in [0.15, 0.2) is 42.5 Å². The third-order valence-corrected chi connectivity index (χ3v) is 9.35. The van der Waals surface area contributed by atoms with Crippen LogP contribution < -0.4 is 10.8 Å². The Balaban J connectivity index is 2.01. The number of amides is 1. The molecule has 2 aromatic carbocycles. The molecule has 0 saturated carbocycles. The molecular formula is C23H18ClF9N2O4S2. The van der Waals surface area contributed by atoms with Crippen LogP contribution in [0.3, 0.4) is 0 Å². The number of rotatable bonds is 7. The standard InChI is InChI=1S/C23H18ClF9N2O4S2/c1-40(37)19(41(2)38)18(36)34-10-12-4-3-11(5-16(12)24)17-9-20(39-35-17,23(31,32)33)13-6-14(21(25,26)27)8-15(7-13)22(28,29)30/h3-9,19,35H,10H2,1-2H3,(H,34,36). The van der Waals surface area contributed by atoms with Crippen LogP contribution in [0.25, 0.3) is 5.70 Å². The fourth-order valence-corrected chi connectivity index (χ4v) is 6.31. The first-order valence-electron chi connectivity index (χ1n) is 10.9. The van der Waals surface area contributed by atoms with Gasteiger partial charge in [0.25, 0.3) is 0 Å². The van der Waals surface area contributed by atoms with Crippen molar-refractivity contribution >= 4 is 44.8 Å². The van der Waals surface area contributed by atoms with Gasteiger partial charge in [-0.15, -0.1) is 0 Å². The van der Waals surface area contributed by atoms with E-state index in [4.69, 9.17) is 11.6 Å². The highest BCUT2D eigenvalue weighted by Crippen LogP contribution is 2.49. The molecule has 18 heteroatoms. The van der Waals surface area contributed by atoms with Crippen molar-refractivity contribution in [1.29, 1.82) is 0 Å². The molecule has 3 rings (SSSR count). The van der Waals surface area contributed by atoms with E-state index in [9.17, 15) is 52.7 Å². The first-order valence-corrected chi connectivity index (χ1v) is 14.5. The summed E-state index contributed by atoms with van der Waals surface area (Å²) < 4.78 is 145. The Morgan fingerprint density at radius 2 is 1.49 bits per heavy atom. The average Bonchev–Trinajstić information content (AvgIpc) is 3.28. The number of carbonyl (C=O) groups excluding carboxylic acids is 1. The lowest BCUT2D eigenvalue weighted by Crippen LogP contribution is -2.43. The molecule has 0 spiro atoms. The molecule has 3 atom stereocenters. The first kappa shape index (κ1) is 32.9. The third-order valence-electron chi connectivity index (χ3n) is 5.74. The highest BCUT2D eigenvalue weighted by molar-refractivity contribution is 8.03. The molecule has 1 aliphatic heterocycles. The van der Waals surface area contributed by atoms with Crippen LogP contribution in [0.4, 0.5) is 39.5 Å². The third kappa shape index (κ3) is 7.06. The maximum absolute atomic E-state index is 14.3. The van der Waals surface area contributed by atoms with Gasteiger partial charge in [0.2, 0.25) is 11.5 Å². The van der Waals surface area contributed by atoms with E-state index in [0.717, 1.165) is 6.07 Å². The largest absolute Gasteiger partial charge is 0.428 e. The Bertz CT molecular complexity index is 1380. The second-order valence-corrected chi connectivity index (χ2v) is 12.3. The van der Waals surface area contributed by atoms with Crippen LogP contribution >= 0.6 is 11.6 Å². The van der Waals surface area contributed by atoms with Gasteiger partial charge in [0.05, 0.1) is 16.8 Å². The summed E-state index contributed by atoms with van der Waals surface area (Å²) in [7, 11) is -3.54. The zero-order chi connectivity index (χ0) is 31.1. The number of hydrogen-bond donors (Lipinski definition) is 2. The minimum absolute atomic E-state index is 0.0808. The molecule has 6 nitrogen and oxygen atoms in total. The molecule has 0 fully saturated rings. The van der Waals surface area contributed by atoms with Crippen molar-refractivity contribution in [2.75, 3.05) is 12.5 Å². The number of carbonyl (C=O) groups is 1. The summed E-state index contributed by atoms with van der Waals surface area (Å²) in [4.78, 5) is 16.9. The number of hydrogen-bond acceptors (Lipinski definition) is 5. The van der Waals surface area contributed by atoms with E-state index in [0.29, 0.717) is 0 Å². The van der Waals surface area contributed by atoms with E-state index in [-0.39, 0.29) is 47.0 Å². The summed E-state index contributed by atoms with van der Waals surface area (Å²) in [6, 6.07) is 3.10. The Labute approximate surface area is 236 Å². The van der Waals surface area contributed by atoms with Gasteiger partial charge < -0.3 is 5.32 Å². The second kappa shape index (κ2) is 11.6. The van der Waals surface area contributed by atoms with E-state index in [1.54, 1.807) is 0 Å². The van der Waals surface area contributed by atoms with Crippen LogP contribution in [0.2, 0.25) is 5.02 Å². The van der Waals surface area contributed by atoms with Crippen LogP contribution in [0, 0.1) is 0 Å². The summed E-state index contributed by atoms with van der Waals surface area (Å²) >= 11 is 6.18. The molecule has 0 saturated heterocycles. The highest BCUT2D eigenvalue weighted by atomic mass is 35.5. The Morgan fingerprint density at radius 1 is 0.951 bits per heavy atom. The molecule has 226 valence electrons. The van der Waals surface area contributed by atoms with Crippen molar-refractivity contribution in [2.45, 2.75) is 35.3 Å². The van der Waals surface area contributed by atoms with Gasteiger partial charge in [-0.05, 0) is 35.9 Å². The number of hydroxylamine groups is 1. The monoisotopic (exact) mass is 656 g/mol. The number of benzene rings is 2. The molecule has 0 aliphatic carbocycles. The molecule has 1 heterocycles. The molecule has 1 aliphatic rings. The Morgan fingerprint density at radius 3 is 1.93 bits per heavy atom. The summed E-state index contributed by atoms with van der Waals surface area (Å²) in [5.41, 5.74) is -7.60. The molecule has 2 aromatic rings. The van der Waals surface area contributed by atoms with Gasteiger partial charge in [-0.25, -0.2) is 0 Å². The van der Waals surface area contributed by atoms with Gasteiger partial charge in [0.1, 0.15) is 0 Å². The van der Waals surface area contributed by atoms with Crippen molar-refractivity contribution in [3.63, 3.8) is 0 Å². The molecule has 0 aromatic heterocycles. The zero-order valence-corrected chi connectivity index (χ0v) is 22.9. The van der Waals surface area contributed by atoms with Gasteiger partial charge in [0.15, 0.2) is 4.58 Å². The topological polar surface area (TPSA) is 84.5 Å². The summed E-state index contributed by atoms with van der Waals surface area (Å²) in [5.74, 6) is -0.811. The van der Waals surface area contributed by atoms with E-state index >= 15 is 0 Å². The lowest BCUT2D eigenvalue weighted by Gasteiger charge is -2.29. The fourth-order valence-electron chi connectivity index (χ4n) is 3.77. The molecule has 3 unspecified atom stereocenters. The van der Waals surface area contributed by atoms with E-state index < -0.39 is 78.6 Å². The number of halogens is 10. The molecule has 1 amide bonds. The van der Waals surface area contributed by atoms with Gasteiger partial charge in [-0.1, -0.05) is 23.7 Å². The van der Waals surface area contributed by atoms with Gasteiger partial charge in [-0.2, -0.15) is 39.5 Å². The highest BCUT2D eigenvalue weighted by Gasteiger charge is 2.60. The quantitative estimate of drug-likeness (QED) is 0.390. The van der Waals surface area contributed by atoms with E-state index in [1.165, 1.54) is 24.6 Å². The predicted molar refractivity (Wildman–Crippen MR) is 132 cm³/mol. The van der Waals surface area contributed by atoms with Crippen molar-refractivity contribution in [2.24, 2.45) is 0 Å². The minimum Gasteiger partial charge on any atom is -0.350 e. The summed E-state index contributed by atoms with van der Waals surface area (Å²) in [6.45, 7) is -0.261. The number of nitrogens with one attached hydrogen (secondary N) is 2. The summed E-state index contributed by atoms with van der Waals surface area (Å²) in [6.07, 6.45) is -13.7. The summed E-state index contributed by atoms with van der Waals surface area (Å²) in [5, 5.41) is 2.27. The van der Waals surface area contributed by atoms with Gasteiger partial charge >= 0.3 is 18.5 Å². The van der Waals surface area contributed by atoms with E-state index in [1.807, 2.05) is 5.48 Å². The first-order chi connectivity index (χ1) is 18.7. The second-order valence-electron chi connectivity index (χ2n) is 8.64. The normalized spacial score (nSPS) is 20.1. The molecule has 41 heavy (non-hydrogen) atoms. The maximum atomic E-state index is 14.3. The lowest BCUT2D eigenvalue weighted by atomic mass is 9.88. The molecule has 0 radical (unpaired) electrons. The fraction of sp³-hybridized carbons (Fsp3) is 0.348. The van der Waals surface area contributed by atoms with Crippen LogP contribution in [-0.4, -0.2) is 37.6 Å². The van der Waals surface area contributed by atoms with Gasteiger partial charge in [-0.3, -0.25) is 23.5 Å². The van der Waals surface area contributed by atoms with Crippen molar-refractivity contribution in [1.82, 2.24) is 10.8 Å². The number of alkyl halides is 9. The van der Waals surface area contributed by atoms with Crippen molar-refractivity contribution in [3.8, 4) is 0 Å². The Hall–Kier alpha value is -2.63. The maximum Gasteiger partial charge on any atom is 0.428 e. The van der Waals surface area contributed by atoms with Crippen LogP contribution in [0.5, 0.6) is 0 Å².